The van der Waals surface area contributed by atoms with E-state index < -0.39 is 0 Å². The number of furan rings is 2. The van der Waals surface area contributed by atoms with Gasteiger partial charge in [0.05, 0.1) is 38.7 Å². The van der Waals surface area contributed by atoms with Crippen molar-refractivity contribution in [3.8, 4) is 45.5 Å². The Hall–Kier alpha value is -9.85. The number of nitrogens with zero attached hydrogens (tertiary/aromatic N) is 5. The number of para-hydroxylation sites is 5. The second-order valence-corrected chi connectivity index (χ2v) is 18.7. The van der Waals surface area contributed by atoms with Crippen LogP contribution in [0.5, 0.6) is 0 Å². The molecule has 0 aliphatic carbocycles. The van der Waals surface area contributed by atoms with E-state index >= 15 is 0 Å². The monoisotopic (exact) mass is 919 g/mol. The molecule has 0 fully saturated rings. The van der Waals surface area contributed by atoms with Crippen molar-refractivity contribution in [3.05, 3.63) is 224 Å². The lowest BCUT2D eigenvalue weighted by Crippen LogP contribution is -2.05. The van der Waals surface area contributed by atoms with Crippen molar-refractivity contribution < 1.29 is 8.83 Å². The molecule has 72 heavy (non-hydrogen) atoms. The van der Waals surface area contributed by atoms with E-state index in [1.807, 2.05) is 24.3 Å². The summed E-state index contributed by atoms with van der Waals surface area (Å²) < 4.78 is 18.2. The minimum Gasteiger partial charge on any atom is -0.456 e. The molecular formula is C65H37N5O2. The number of fused-ring (bicyclic) bond motifs is 15. The molecule has 0 bridgehead atoms. The first-order chi connectivity index (χ1) is 35.7. The van der Waals surface area contributed by atoms with E-state index in [-0.39, 0.29) is 0 Å². The van der Waals surface area contributed by atoms with Gasteiger partial charge in [-0.15, -0.1) is 0 Å². The summed E-state index contributed by atoms with van der Waals surface area (Å²) in [7, 11) is 0. The molecular weight excluding hydrogens is 883 g/mol. The first-order valence-electron chi connectivity index (χ1n) is 24.3. The lowest BCUT2D eigenvalue weighted by molar-refractivity contribution is 0.669. The molecule has 0 unspecified atom stereocenters. The van der Waals surface area contributed by atoms with Crippen LogP contribution >= 0.6 is 0 Å². The van der Waals surface area contributed by atoms with Gasteiger partial charge in [0.25, 0.3) is 0 Å². The predicted molar refractivity (Wildman–Crippen MR) is 294 cm³/mol. The lowest BCUT2D eigenvalue weighted by atomic mass is 9.96. The average Bonchev–Trinajstić information content (AvgIpc) is 4.20. The standard InChI is InChI=1S/C65H37N5O2/c1-2-18-42(19-3-1)69-52-26-12-8-20-43(52)50-35-40(31-33-54(50)69)63-66-64(41-30-32-46-45-22-10-14-28-56(45)71-58(46)37-41)68-65(67-63)60-47-23-6-7-24-48(47)62-59(49-25-11-15-29-57(49)72-62)61(60)70-53-27-13-9-21-44(53)51-34-38-16-4-5-17-39(38)36-55(51)70/h1-37H. The predicted octanol–water partition coefficient (Wildman–Crippen LogP) is 17.2. The Morgan fingerprint density at radius 2 is 0.833 bits per heavy atom. The maximum atomic E-state index is 6.97. The number of aromatic nitrogens is 5. The maximum absolute atomic E-state index is 6.97. The topological polar surface area (TPSA) is 74.8 Å². The second kappa shape index (κ2) is 14.8. The van der Waals surface area contributed by atoms with E-state index in [1.54, 1.807) is 0 Å². The Labute approximate surface area is 410 Å². The highest BCUT2D eigenvalue weighted by Crippen LogP contribution is 2.48. The molecule has 0 saturated carbocycles. The van der Waals surface area contributed by atoms with Gasteiger partial charge in [-0.2, -0.15) is 0 Å². The van der Waals surface area contributed by atoms with Crippen molar-refractivity contribution in [2.75, 3.05) is 0 Å². The second-order valence-electron chi connectivity index (χ2n) is 18.7. The first kappa shape index (κ1) is 39.0. The summed E-state index contributed by atoms with van der Waals surface area (Å²) >= 11 is 0. The first-order valence-corrected chi connectivity index (χ1v) is 24.3. The maximum Gasteiger partial charge on any atom is 0.166 e. The van der Waals surface area contributed by atoms with Gasteiger partial charge in [-0.05, 0) is 95.0 Å². The normalized spacial score (nSPS) is 12.2. The number of benzene rings is 11. The molecule has 5 aromatic heterocycles. The summed E-state index contributed by atoms with van der Waals surface area (Å²) in [6, 6.07) is 79.0. The quantitative estimate of drug-likeness (QED) is 0.172. The molecule has 5 heterocycles. The van der Waals surface area contributed by atoms with Crippen molar-refractivity contribution in [1.29, 1.82) is 0 Å². The third-order valence-corrected chi connectivity index (χ3v) is 14.7. The largest absolute Gasteiger partial charge is 0.456 e. The number of rotatable bonds is 5. The fraction of sp³-hybridized carbons (Fsp3) is 0. The fourth-order valence-electron chi connectivity index (χ4n) is 11.5. The molecule has 16 rings (SSSR count). The van der Waals surface area contributed by atoms with Gasteiger partial charge in [-0.1, -0.05) is 146 Å². The highest BCUT2D eigenvalue weighted by Gasteiger charge is 2.28. The van der Waals surface area contributed by atoms with Crippen LogP contribution in [0.4, 0.5) is 0 Å². The average molecular weight is 920 g/mol. The van der Waals surface area contributed by atoms with Gasteiger partial charge in [0.2, 0.25) is 0 Å². The van der Waals surface area contributed by atoms with Crippen molar-refractivity contribution >= 4 is 109 Å². The minimum atomic E-state index is 0.532. The summed E-state index contributed by atoms with van der Waals surface area (Å²) in [5.41, 5.74) is 12.2. The molecule has 334 valence electrons. The molecule has 7 nitrogen and oxygen atoms in total. The van der Waals surface area contributed by atoms with Crippen LogP contribution in [0.25, 0.3) is 155 Å². The lowest BCUT2D eigenvalue weighted by Gasteiger charge is -2.19. The van der Waals surface area contributed by atoms with Crippen LogP contribution in [0.1, 0.15) is 0 Å². The van der Waals surface area contributed by atoms with Gasteiger partial charge in [0.15, 0.2) is 17.5 Å². The Kier molecular flexibility index (Phi) is 8.04. The zero-order chi connectivity index (χ0) is 47.0. The summed E-state index contributed by atoms with van der Waals surface area (Å²) in [6.45, 7) is 0. The van der Waals surface area contributed by atoms with E-state index in [0.717, 1.165) is 132 Å². The Balaban J connectivity index is 1.05. The van der Waals surface area contributed by atoms with Gasteiger partial charge >= 0.3 is 0 Å². The van der Waals surface area contributed by atoms with Crippen molar-refractivity contribution in [3.63, 3.8) is 0 Å². The number of hydrogen-bond acceptors (Lipinski definition) is 5. The van der Waals surface area contributed by atoms with Crippen LogP contribution in [0.3, 0.4) is 0 Å². The zero-order valence-corrected chi connectivity index (χ0v) is 38.4. The van der Waals surface area contributed by atoms with Gasteiger partial charge in [-0.3, -0.25) is 0 Å². The molecule has 0 saturated heterocycles. The molecule has 0 radical (unpaired) electrons. The molecule has 0 aliphatic rings. The van der Waals surface area contributed by atoms with E-state index in [2.05, 4.69) is 209 Å². The van der Waals surface area contributed by atoms with Crippen LogP contribution in [0.15, 0.2) is 233 Å². The van der Waals surface area contributed by atoms with Crippen molar-refractivity contribution in [2.24, 2.45) is 0 Å². The van der Waals surface area contributed by atoms with Crippen molar-refractivity contribution in [2.45, 2.75) is 0 Å². The molecule has 7 heteroatoms. The molecule has 0 spiro atoms. The molecule has 0 aliphatic heterocycles. The Bertz CT molecular complexity index is 4940. The van der Waals surface area contributed by atoms with Gasteiger partial charge in [0, 0.05) is 59.9 Å². The molecule has 0 amide bonds. The van der Waals surface area contributed by atoms with Gasteiger partial charge < -0.3 is 18.0 Å². The third kappa shape index (κ3) is 5.58. The van der Waals surface area contributed by atoms with E-state index in [9.17, 15) is 0 Å². The van der Waals surface area contributed by atoms with E-state index in [4.69, 9.17) is 23.8 Å². The van der Waals surface area contributed by atoms with Gasteiger partial charge in [-0.25, -0.2) is 15.0 Å². The smallest absolute Gasteiger partial charge is 0.166 e. The van der Waals surface area contributed by atoms with Crippen LogP contribution < -0.4 is 0 Å². The van der Waals surface area contributed by atoms with Crippen LogP contribution in [0.2, 0.25) is 0 Å². The molecule has 0 atom stereocenters. The van der Waals surface area contributed by atoms with Crippen LogP contribution in [0, 0.1) is 0 Å². The molecule has 16 aromatic rings. The van der Waals surface area contributed by atoms with E-state index in [0.29, 0.717) is 17.5 Å². The number of hydrogen-bond donors (Lipinski definition) is 0. The summed E-state index contributed by atoms with van der Waals surface area (Å²) in [6.07, 6.45) is 0. The van der Waals surface area contributed by atoms with Crippen LogP contribution in [-0.4, -0.2) is 24.1 Å². The SMILES string of the molecule is c1ccc(-n2c3ccccc3c3cc(-c4nc(-c5ccc6c(c5)oc5ccccc56)nc(-c5c(-n6c7ccccc7c7cc8ccccc8cc76)c6c7ccccc7oc6c6ccccc56)n4)ccc32)cc1. The highest BCUT2D eigenvalue weighted by molar-refractivity contribution is 6.26. The van der Waals surface area contributed by atoms with Crippen molar-refractivity contribution in [1.82, 2.24) is 24.1 Å². The van der Waals surface area contributed by atoms with Gasteiger partial charge in [0.1, 0.15) is 22.3 Å². The highest BCUT2D eigenvalue weighted by atomic mass is 16.3. The summed E-state index contributed by atoms with van der Waals surface area (Å²) in [5, 5.41) is 12.9. The minimum absolute atomic E-state index is 0.532. The molecule has 11 aromatic carbocycles. The third-order valence-electron chi connectivity index (χ3n) is 14.7. The zero-order valence-electron chi connectivity index (χ0n) is 38.4. The summed E-state index contributed by atoms with van der Waals surface area (Å²) in [4.78, 5) is 16.7. The Morgan fingerprint density at radius 1 is 0.306 bits per heavy atom. The molecule has 0 N–H and O–H groups in total. The summed E-state index contributed by atoms with van der Waals surface area (Å²) in [5.74, 6) is 1.62. The van der Waals surface area contributed by atoms with Crippen LogP contribution in [-0.2, 0) is 0 Å². The fourth-order valence-corrected chi connectivity index (χ4v) is 11.5. The van der Waals surface area contributed by atoms with E-state index in [1.165, 1.54) is 5.39 Å². The Morgan fingerprint density at radius 3 is 1.60 bits per heavy atom.